The van der Waals surface area contributed by atoms with Crippen molar-refractivity contribution in [3.63, 3.8) is 0 Å². The molecule has 1 aliphatic carbocycles. The van der Waals surface area contributed by atoms with Gasteiger partial charge in [-0.2, -0.15) is 4.39 Å². The van der Waals surface area contributed by atoms with Gasteiger partial charge in [0.1, 0.15) is 0 Å². The first-order valence-corrected chi connectivity index (χ1v) is 12.0. The Labute approximate surface area is 170 Å². The fraction of sp³-hybridized carbons (Fsp3) is 0.579. The van der Waals surface area contributed by atoms with Crippen molar-refractivity contribution >= 4 is 26.5 Å². The van der Waals surface area contributed by atoms with Crippen LogP contribution in [0.15, 0.2) is 18.3 Å². The number of nitrogens with zero attached hydrogens (tertiary/aromatic N) is 2. The van der Waals surface area contributed by atoms with Crippen LogP contribution in [0.25, 0.3) is 11.3 Å². The van der Waals surface area contributed by atoms with Gasteiger partial charge in [0, 0.05) is 23.7 Å². The molecule has 0 aromatic carbocycles. The van der Waals surface area contributed by atoms with E-state index in [-0.39, 0.29) is 0 Å². The molecule has 154 valence electrons. The molecule has 28 heavy (non-hydrogen) atoms. The molecule has 0 spiro atoms. The zero-order chi connectivity index (χ0) is 20.3. The summed E-state index contributed by atoms with van der Waals surface area (Å²) in [6.45, 7) is 5.81. The first kappa shape index (κ1) is 21.1. The molecule has 2 aromatic heterocycles. The highest BCUT2D eigenvalue weighted by Crippen LogP contribution is 2.33. The number of hydrogen-bond donors (Lipinski definition) is 2. The maximum Gasteiger partial charge on any atom is 0.222 e. The fourth-order valence-corrected chi connectivity index (χ4v) is 5.06. The molecule has 0 aliphatic heterocycles. The molecule has 2 N–H and O–H groups in total. The molecule has 0 atom stereocenters. The van der Waals surface area contributed by atoms with Gasteiger partial charge in [-0.15, -0.1) is 11.3 Å². The number of nitrogens with one attached hydrogen (secondary N) is 2. The fourth-order valence-electron chi connectivity index (χ4n) is 3.36. The molecule has 0 bridgehead atoms. The van der Waals surface area contributed by atoms with Gasteiger partial charge < -0.3 is 5.32 Å². The highest BCUT2D eigenvalue weighted by atomic mass is 32.2. The van der Waals surface area contributed by atoms with E-state index in [9.17, 15) is 12.8 Å². The van der Waals surface area contributed by atoms with Crippen molar-refractivity contribution in [3.8, 4) is 11.3 Å². The molecular formula is C19H27FN4O2S2. The van der Waals surface area contributed by atoms with Crippen LogP contribution in [-0.2, 0) is 10.0 Å². The minimum absolute atomic E-state index is 0.301. The van der Waals surface area contributed by atoms with Crippen LogP contribution < -0.4 is 10.0 Å². The molecule has 0 amide bonds. The Bertz CT molecular complexity index is 906. The molecule has 0 saturated heterocycles. The Morgan fingerprint density at radius 2 is 2.00 bits per heavy atom. The lowest BCUT2D eigenvalue weighted by atomic mass is 9.86. The number of aryl methyl sites for hydroxylation is 1. The van der Waals surface area contributed by atoms with E-state index in [0.29, 0.717) is 29.8 Å². The Morgan fingerprint density at radius 3 is 2.64 bits per heavy atom. The van der Waals surface area contributed by atoms with Gasteiger partial charge in [-0.3, -0.25) is 0 Å². The van der Waals surface area contributed by atoms with Gasteiger partial charge >= 0.3 is 0 Å². The Morgan fingerprint density at radius 1 is 1.29 bits per heavy atom. The van der Waals surface area contributed by atoms with Gasteiger partial charge in [0.15, 0.2) is 5.13 Å². The maximum absolute atomic E-state index is 14.0. The summed E-state index contributed by atoms with van der Waals surface area (Å²) in [5.41, 5.74) is 1.06. The molecule has 6 nitrogen and oxygen atoms in total. The van der Waals surface area contributed by atoms with Crippen molar-refractivity contribution in [2.75, 3.05) is 11.9 Å². The standard InChI is InChI=1S/C19H27FN4O2S2/c1-12(2)28(25,26)22-11-14-6-8-15(9-7-14)23-19-24-17(13(3)27-19)16-5-4-10-21-18(16)20/h4-5,10,12,14-15,22H,6-9,11H2,1-3H3,(H,23,24). The van der Waals surface area contributed by atoms with Gasteiger partial charge in [0.05, 0.1) is 16.5 Å². The smallest absolute Gasteiger partial charge is 0.222 e. The van der Waals surface area contributed by atoms with Crippen LogP contribution in [0.3, 0.4) is 0 Å². The maximum atomic E-state index is 14.0. The number of pyridine rings is 1. The molecule has 3 rings (SSSR count). The highest BCUT2D eigenvalue weighted by molar-refractivity contribution is 7.90. The lowest BCUT2D eigenvalue weighted by Crippen LogP contribution is -2.37. The monoisotopic (exact) mass is 426 g/mol. The zero-order valence-electron chi connectivity index (χ0n) is 16.4. The van der Waals surface area contributed by atoms with Crippen LogP contribution in [0.5, 0.6) is 0 Å². The number of aromatic nitrogens is 2. The first-order chi connectivity index (χ1) is 13.3. The van der Waals surface area contributed by atoms with E-state index in [2.05, 4.69) is 20.0 Å². The van der Waals surface area contributed by atoms with E-state index >= 15 is 0 Å². The van der Waals surface area contributed by atoms with Gasteiger partial charge in [0.2, 0.25) is 16.0 Å². The van der Waals surface area contributed by atoms with Crippen molar-refractivity contribution < 1.29 is 12.8 Å². The van der Waals surface area contributed by atoms with E-state index in [0.717, 1.165) is 35.7 Å². The van der Waals surface area contributed by atoms with Crippen molar-refractivity contribution in [2.45, 2.75) is 57.7 Å². The Kier molecular flexibility index (Phi) is 6.67. The largest absolute Gasteiger partial charge is 0.359 e. The van der Waals surface area contributed by atoms with Crippen molar-refractivity contribution in [1.29, 1.82) is 0 Å². The zero-order valence-corrected chi connectivity index (χ0v) is 18.0. The molecular weight excluding hydrogens is 399 g/mol. The van der Waals surface area contributed by atoms with E-state index in [1.54, 1.807) is 26.0 Å². The molecule has 0 radical (unpaired) electrons. The van der Waals surface area contributed by atoms with E-state index in [1.165, 1.54) is 17.5 Å². The number of anilines is 1. The number of halogens is 1. The van der Waals surface area contributed by atoms with E-state index < -0.39 is 21.2 Å². The second-order valence-electron chi connectivity index (χ2n) is 7.57. The summed E-state index contributed by atoms with van der Waals surface area (Å²) >= 11 is 1.52. The topological polar surface area (TPSA) is 84.0 Å². The van der Waals surface area contributed by atoms with Gasteiger partial charge in [-0.1, -0.05) is 0 Å². The quantitative estimate of drug-likeness (QED) is 0.655. The molecule has 2 heterocycles. The first-order valence-electron chi connectivity index (χ1n) is 9.59. The van der Waals surface area contributed by atoms with Gasteiger partial charge in [-0.25, -0.2) is 23.1 Å². The lowest BCUT2D eigenvalue weighted by Gasteiger charge is -2.29. The number of hydrogen-bond acceptors (Lipinski definition) is 6. The minimum Gasteiger partial charge on any atom is -0.359 e. The van der Waals surface area contributed by atoms with Crippen LogP contribution in [0.1, 0.15) is 44.4 Å². The summed E-state index contributed by atoms with van der Waals surface area (Å²) in [5, 5.41) is 3.85. The number of thiazole rings is 1. The molecule has 1 saturated carbocycles. The molecule has 9 heteroatoms. The average molecular weight is 427 g/mol. The number of rotatable bonds is 7. The molecule has 2 aromatic rings. The second-order valence-corrected chi connectivity index (χ2v) is 11.1. The van der Waals surface area contributed by atoms with Gasteiger partial charge in [0.25, 0.3) is 0 Å². The van der Waals surface area contributed by atoms with Gasteiger partial charge in [-0.05, 0) is 64.5 Å². The summed E-state index contributed by atoms with van der Waals surface area (Å²) in [6.07, 6.45) is 5.28. The predicted octanol–water partition coefficient (Wildman–Crippen LogP) is 3.95. The third kappa shape index (κ3) is 5.07. The highest BCUT2D eigenvalue weighted by Gasteiger charge is 2.24. The van der Waals surface area contributed by atoms with E-state index in [4.69, 9.17) is 0 Å². The summed E-state index contributed by atoms with van der Waals surface area (Å²) < 4.78 is 40.5. The second kappa shape index (κ2) is 8.84. The SMILES string of the molecule is Cc1sc(NC2CCC(CNS(=O)(=O)C(C)C)CC2)nc1-c1cccnc1F. The Balaban J connectivity index is 1.54. The Hall–Kier alpha value is -1.58. The number of sulfonamides is 1. The van der Waals surface area contributed by atoms with Crippen LogP contribution in [0.4, 0.5) is 9.52 Å². The summed E-state index contributed by atoms with van der Waals surface area (Å²) in [4.78, 5) is 9.23. The average Bonchev–Trinajstić information content (AvgIpc) is 3.01. The molecule has 0 unspecified atom stereocenters. The van der Waals surface area contributed by atoms with Crippen molar-refractivity contribution in [3.05, 3.63) is 29.2 Å². The normalized spacial score (nSPS) is 20.5. The van der Waals surface area contributed by atoms with Crippen LogP contribution in [-0.4, -0.2) is 36.2 Å². The van der Waals surface area contributed by atoms with Crippen LogP contribution in [0.2, 0.25) is 0 Å². The van der Waals surface area contributed by atoms with Crippen LogP contribution >= 0.6 is 11.3 Å². The van der Waals surface area contributed by atoms with Crippen LogP contribution in [0, 0.1) is 18.8 Å². The summed E-state index contributed by atoms with van der Waals surface area (Å²) in [5.74, 6) is -0.142. The predicted molar refractivity (Wildman–Crippen MR) is 111 cm³/mol. The lowest BCUT2D eigenvalue weighted by molar-refractivity contribution is 0.337. The molecule has 1 fully saturated rings. The van der Waals surface area contributed by atoms with E-state index in [1.807, 2.05) is 6.92 Å². The third-order valence-electron chi connectivity index (χ3n) is 5.18. The molecule has 1 aliphatic rings. The van der Waals surface area contributed by atoms with Crippen molar-refractivity contribution in [1.82, 2.24) is 14.7 Å². The minimum atomic E-state index is -3.20. The third-order valence-corrected chi connectivity index (χ3v) is 7.89. The van der Waals surface area contributed by atoms with Crippen molar-refractivity contribution in [2.24, 2.45) is 5.92 Å². The summed E-state index contributed by atoms with van der Waals surface area (Å²) in [7, 11) is -3.20. The summed E-state index contributed by atoms with van der Waals surface area (Å²) in [6, 6.07) is 3.70.